The highest BCUT2D eigenvalue weighted by Crippen LogP contribution is 2.22. The van der Waals surface area contributed by atoms with E-state index >= 15 is 0 Å². The topological polar surface area (TPSA) is 64.6 Å². The highest BCUT2D eigenvalue weighted by molar-refractivity contribution is 6.31. The first-order valence-corrected chi connectivity index (χ1v) is 7.70. The van der Waals surface area contributed by atoms with Gasteiger partial charge in [0.05, 0.1) is 25.3 Å². The quantitative estimate of drug-likeness (QED) is 0.781. The maximum atomic E-state index is 12.3. The van der Waals surface area contributed by atoms with Crippen LogP contribution in [0.5, 0.6) is 11.5 Å². The molecule has 1 amide bonds. The van der Waals surface area contributed by atoms with Crippen LogP contribution in [0.25, 0.3) is 0 Å². The number of amides is 1. The Hall–Kier alpha value is -2.53. The Labute approximate surface area is 145 Å². The van der Waals surface area contributed by atoms with Gasteiger partial charge < -0.3 is 14.8 Å². The molecule has 1 N–H and O–H groups in total. The van der Waals surface area contributed by atoms with Crippen LogP contribution in [-0.4, -0.2) is 33.0 Å². The molecule has 24 heavy (non-hydrogen) atoms. The highest BCUT2D eigenvalue weighted by atomic mass is 35.5. The molecule has 0 atom stereocenters. The van der Waals surface area contributed by atoms with Crippen LogP contribution in [0.3, 0.4) is 0 Å². The Bertz CT molecular complexity index is 746. The first kappa shape index (κ1) is 17.8. The average Bonchev–Trinajstić information content (AvgIpc) is 2.61. The van der Waals surface area contributed by atoms with Crippen molar-refractivity contribution in [1.82, 2.24) is 5.32 Å². The third-order valence-electron chi connectivity index (χ3n) is 3.53. The predicted octanol–water partition coefficient (Wildman–Crippen LogP) is 3.14. The van der Waals surface area contributed by atoms with Gasteiger partial charge in [-0.2, -0.15) is 0 Å². The van der Waals surface area contributed by atoms with E-state index < -0.39 is 0 Å². The van der Waals surface area contributed by atoms with Gasteiger partial charge in [0.25, 0.3) is 5.91 Å². The molecule has 5 nitrogen and oxygen atoms in total. The Morgan fingerprint density at radius 2 is 1.88 bits per heavy atom. The second-order valence-electron chi connectivity index (χ2n) is 5.04. The van der Waals surface area contributed by atoms with Crippen LogP contribution in [0.15, 0.2) is 36.4 Å². The molecule has 0 saturated carbocycles. The minimum atomic E-state index is -0.258. The molecule has 0 aliphatic rings. The number of ether oxygens (including phenoxy) is 2. The van der Waals surface area contributed by atoms with Crippen molar-refractivity contribution >= 4 is 23.8 Å². The smallest absolute Gasteiger partial charge is 0.255 e. The molecule has 6 heteroatoms. The van der Waals surface area contributed by atoms with Crippen LogP contribution in [0.4, 0.5) is 0 Å². The molecular weight excluding hydrogens is 330 g/mol. The summed E-state index contributed by atoms with van der Waals surface area (Å²) in [6, 6.07) is 10.2. The Morgan fingerprint density at radius 3 is 2.54 bits per heavy atom. The van der Waals surface area contributed by atoms with Gasteiger partial charge in [0.1, 0.15) is 11.5 Å². The number of aldehydes is 1. The molecule has 0 saturated heterocycles. The fourth-order valence-electron chi connectivity index (χ4n) is 2.28. The zero-order valence-electron chi connectivity index (χ0n) is 13.5. The van der Waals surface area contributed by atoms with Crippen LogP contribution < -0.4 is 14.8 Å². The number of halogens is 1. The van der Waals surface area contributed by atoms with Gasteiger partial charge in [0, 0.05) is 11.6 Å². The van der Waals surface area contributed by atoms with Gasteiger partial charge >= 0.3 is 0 Å². The standard InChI is InChI=1S/C18H18ClNO4/c1-23-16-6-5-14(19)10-15(16)18(22)20-8-7-12-3-4-13(11-21)17(9-12)24-2/h3-6,9-11H,7-8H2,1-2H3,(H,20,22). The Balaban J connectivity index is 2.00. The van der Waals surface area contributed by atoms with Crippen molar-refractivity contribution in [2.75, 3.05) is 20.8 Å². The number of carbonyl (C=O) groups is 2. The van der Waals surface area contributed by atoms with E-state index in [1.807, 2.05) is 6.07 Å². The fourth-order valence-corrected chi connectivity index (χ4v) is 2.45. The fraction of sp³-hybridized carbons (Fsp3) is 0.222. The normalized spacial score (nSPS) is 10.1. The van der Waals surface area contributed by atoms with Gasteiger partial charge in [-0.3, -0.25) is 9.59 Å². The van der Waals surface area contributed by atoms with Crippen molar-refractivity contribution in [2.24, 2.45) is 0 Å². The number of methoxy groups -OCH3 is 2. The van der Waals surface area contributed by atoms with E-state index in [0.717, 1.165) is 11.8 Å². The lowest BCUT2D eigenvalue weighted by atomic mass is 10.1. The minimum absolute atomic E-state index is 0.258. The lowest BCUT2D eigenvalue weighted by Crippen LogP contribution is -2.26. The molecule has 0 heterocycles. The van der Waals surface area contributed by atoms with Crippen molar-refractivity contribution in [3.63, 3.8) is 0 Å². The van der Waals surface area contributed by atoms with E-state index in [1.54, 1.807) is 30.3 Å². The molecule has 0 fully saturated rings. The third kappa shape index (κ3) is 4.26. The van der Waals surface area contributed by atoms with Gasteiger partial charge in [-0.15, -0.1) is 0 Å². The van der Waals surface area contributed by atoms with E-state index in [0.29, 0.717) is 40.6 Å². The largest absolute Gasteiger partial charge is 0.496 e. The number of hydrogen-bond donors (Lipinski definition) is 1. The Morgan fingerprint density at radius 1 is 1.12 bits per heavy atom. The van der Waals surface area contributed by atoms with Crippen molar-refractivity contribution in [3.8, 4) is 11.5 Å². The molecular formula is C18H18ClNO4. The molecule has 0 spiro atoms. The first-order valence-electron chi connectivity index (χ1n) is 7.33. The Kier molecular flexibility index (Phi) is 6.21. The third-order valence-corrected chi connectivity index (χ3v) is 3.77. The van der Waals surface area contributed by atoms with E-state index in [9.17, 15) is 9.59 Å². The second kappa shape index (κ2) is 8.36. The number of rotatable bonds is 7. The maximum absolute atomic E-state index is 12.3. The number of hydrogen-bond acceptors (Lipinski definition) is 4. The molecule has 2 aromatic carbocycles. The summed E-state index contributed by atoms with van der Waals surface area (Å²) in [5, 5.41) is 3.30. The summed E-state index contributed by atoms with van der Waals surface area (Å²) in [4.78, 5) is 23.2. The van der Waals surface area contributed by atoms with Crippen LogP contribution in [0, 0.1) is 0 Å². The van der Waals surface area contributed by atoms with Gasteiger partial charge in [-0.05, 0) is 42.3 Å². The van der Waals surface area contributed by atoms with E-state index in [-0.39, 0.29) is 5.91 Å². The minimum Gasteiger partial charge on any atom is -0.496 e. The summed E-state index contributed by atoms with van der Waals surface area (Å²) in [5.41, 5.74) is 1.84. The molecule has 2 aromatic rings. The van der Waals surface area contributed by atoms with Crippen molar-refractivity contribution < 1.29 is 19.1 Å². The second-order valence-corrected chi connectivity index (χ2v) is 5.48. The maximum Gasteiger partial charge on any atom is 0.255 e. The molecule has 0 aliphatic heterocycles. The SMILES string of the molecule is COc1cc(CCNC(=O)c2cc(Cl)ccc2OC)ccc1C=O. The first-order chi connectivity index (χ1) is 11.6. The molecule has 0 unspecified atom stereocenters. The monoisotopic (exact) mass is 347 g/mol. The molecule has 2 rings (SSSR count). The number of nitrogens with one attached hydrogen (secondary N) is 1. The molecule has 0 radical (unpaired) electrons. The summed E-state index contributed by atoms with van der Waals surface area (Å²) in [6.45, 7) is 0.429. The summed E-state index contributed by atoms with van der Waals surface area (Å²) in [7, 11) is 3.01. The predicted molar refractivity (Wildman–Crippen MR) is 92.4 cm³/mol. The average molecular weight is 348 g/mol. The molecule has 126 valence electrons. The molecule has 0 bridgehead atoms. The summed E-state index contributed by atoms with van der Waals surface area (Å²) >= 11 is 5.93. The molecule has 0 aromatic heterocycles. The summed E-state index contributed by atoms with van der Waals surface area (Å²) < 4.78 is 10.3. The van der Waals surface area contributed by atoms with Crippen LogP contribution >= 0.6 is 11.6 Å². The summed E-state index contributed by atoms with van der Waals surface area (Å²) in [5.74, 6) is 0.727. The van der Waals surface area contributed by atoms with Crippen LogP contribution in [0.1, 0.15) is 26.3 Å². The van der Waals surface area contributed by atoms with Gasteiger partial charge in [-0.1, -0.05) is 17.7 Å². The van der Waals surface area contributed by atoms with Crippen molar-refractivity contribution in [1.29, 1.82) is 0 Å². The van der Waals surface area contributed by atoms with E-state index in [4.69, 9.17) is 21.1 Å². The lowest BCUT2D eigenvalue weighted by molar-refractivity contribution is 0.0951. The highest BCUT2D eigenvalue weighted by Gasteiger charge is 2.12. The zero-order valence-corrected chi connectivity index (χ0v) is 14.2. The molecule has 0 aliphatic carbocycles. The van der Waals surface area contributed by atoms with E-state index in [1.165, 1.54) is 14.2 Å². The van der Waals surface area contributed by atoms with Crippen LogP contribution in [0.2, 0.25) is 5.02 Å². The number of benzene rings is 2. The van der Waals surface area contributed by atoms with Gasteiger partial charge in [0.15, 0.2) is 6.29 Å². The van der Waals surface area contributed by atoms with Crippen molar-refractivity contribution in [3.05, 3.63) is 58.1 Å². The van der Waals surface area contributed by atoms with Crippen molar-refractivity contribution in [2.45, 2.75) is 6.42 Å². The van der Waals surface area contributed by atoms with E-state index in [2.05, 4.69) is 5.32 Å². The number of carbonyl (C=O) groups excluding carboxylic acids is 2. The van der Waals surface area contributed by atoms with Crippen LogP contribution in [-0.2, 0) is 6.42 Å². The van der Waals surface area contributed by atoms with Gasteiger partial charge in [0.2, 0.25) is 0 Å². The lowest BCUT2D eigenvalue weighted by Gasteiger charge is -2.10. The van der Waals surface area contributed by atoms with Gasteiger partial charge in [-0.25, -0.2) is 0 Å². The summed E-state index contributed by atoms with van der Waals surface area (Å²) in [6.07, 6.45) is 1.35. The zero-order chi connectivity index (χ0) is 17.5.